The minimum Gasteiger partial charge on any atom is -0.316 e. The summed E-state index contributed by atoms with van der Waals surface area (Å²) in [5.74, 6) is 0.523. The first-order valence-electron chi connectivity index (χ1n) is 6.43. The third kappa shape index (κ3) is 2.26. The van der Waals surface area contributed by atoms with Crippen molar-refractivity contribution in [2.24, 2.45) is 5.92 Å². The van der Waals surface area contributed by atoms with Gasteiger partial charge in [0, 0.05) is 6.54 Å². The lowest BCUT2D eigenvalue weighted by Gasteiger charge is -2.30. The van der Waals surface area contributed by atoms with E-state index in [1.54, 1.807) is 4.80 Å². The number of hydrogen-bond donors (Lipinski definition) is 1. The molecule has 5 nitrogen and oxygen atoms in total. The van der Waals surface area contributed by atoms with Crippen LogP contribution in [0.15, 0.2) is 36.7 Å². The van der Waals surface area contributed by atoms with Gasteiger partial charge in [-0.3, -0.25) is 0 Å². The first-order chi connectivity index (χ1) is 8.95. The van der Waals surface area contributed by atoms with Gasteiger partial charge in [0.2, 0.25) is 0 Å². The summed E-state index contributed by atoms with van der Waals surface area (Å²) >= 11 is 0. The van der Waals surface area contributed by atoms with Gasteiger partial charge in [0.1, 0.15) is 6.04 Å². The Labute approximate surface area is 106 Å². The minimum atomic E-state index is 0.182. The van der Waals surface area contributed by atoms with Gasteiger partial charge < -0.3 is 5.32 Å². The molecular formula is C13H17N5. The highest BCUT2D eigenvalue weighted by molar-refractivity contribution is 5.20. The highest BCUT2D eigenvalue weighted by Gasteiger charge is 2.27. The van der Waals surface area contributed by atoms with Crippen LogP contribution in [0, 0.1) is 5.92 Å². The molecule has 0 unspecified atom stereocenters. The second kappa shape index (κ2) is 5.27. The van der Waals surface area contributed by atoms with Crippen LogP contribution in [0.5, 0.6) is 0 Å². The second-order valence-electron chi connectivity index (χ2n) is 4.72. The molecule has 2 atom stereocenters. The number of aromatic nitrogens is 4. The van der Waals surface area contributed by atoms with Crippen LogP contribution in [0.3, 0.4) is 0 Å². The van der Waals surface area contributed by atoms with E-state index in [9.17, 15) is 0 Å². The van der Waals surface area contributed by atoms with E-state index in [1.807, 2.05) is 6.07 Å². The number of rotatable bonds is 3. The van der Waals surface area contributed by atoms with Crippen molar-refractivity contribution in [3.63, 3.8) is 0 Å². The van der Waals surface area contributed by atoms with Gasteiger partial charge in [-0.1, -0.05) is 30.3 Å². The standard InChI is InChI=1S/C13H17N5/c1-2-5-11(6-3-1)13(18-16-10-15-17-18)12-7-4-8-14-9-12/h1-3,5-6,10,12-14H,4,7-9H2/t12-,13+/m0/s1. The molecule has 5 heteroatoms. The normalized spacial score (nSPS) is 21.7. The highest BCUT2D eigenvalue weighted by Crippen LogP contribution is 2.29. The lowest BCUT2D eigenvalue weighted by Crippen LogP contribution is -2.36. The van der Waals surface area contributed by atoms with Crippen molar-refractivity contribution in [1.82, 2.24) is 25.5 Å². The zero-order valence-electron chi connectivity index (χ0n) is 10.2. The Bertz CT molecular complexity index is 461. The van der Waals surface area contributed by atoms with Crippen LogP contribution in [0.25, 0.3) is 0 Å². The predicted octanol–water partition coefficient (Wildman–Crippen LogP) is 1.26. The van der Waals surface area contributed by atoms with Crippen molar-refractivity contribution >= 4 is 0 Å². The number of tetrazole rings is 1. The molecule has 1 aliphatic rings. The Morgan fingerprint density at radius 2 is 2.17 bits per heavy atom. The van der Waals surface area contributed by atoms with Crippen LogP contribution in [-0.2, 0) is 0 Å². The van der Waals surface area contributed by atoms with Gasteiger partial charge in [0.15, 0.2) is 6.33 Å². The molecule has 94 valence electrons. The minimum absolute atomic E-state index is 0.182. The van der Waals surface area contributed by atoms with Crippen molar-refractivity contribution in [1.29, 1.82) is 0 Å². The van der Waals surface area contributed by atoms with Crippen LogP contribution in [-0.4, -0.2) is 33.3 Å². The molecule has 1 aromatic heterocycles. The van der Waals surface area contributed by atoms with Crippen LogP contribution in [0.1, 0.15) is 24.4 Å². The summed E-state index contributed by atoms with van der Waals surface area (Å²) in [5.41, 5.74) is 1.25. The summed E-state index contributed by atoms with van der Waals surface area (Å²) < 4.78 is 0. The summed E-state index contributed by atoms with van der Waals surface area (Å²) in [5, 5.41) is 15.6. The molecule has 1 saturated heterocycles. The molecule has 0 aliphatic carbocycles. The SMILES string of the molecule is c1ccc([C@H]([C@H]2CCCNC2)n2ncnn2)cc1. The maximum absolute atomic E-state index is 4.23. The zero-order chi connectivity index (χ0) is 12.2. The van der Waals surface area contributed by atoms with Crippen molar-refractivity contribution in [2.45, 2.75) is 18.9 Å². The number of benzene rings is 1. The van der Waals surface area contributed by atoms with Gasteiger partial charge in [-0.25, -0.2) is 0 Å². The average molecular weight is 243 g/mol. The largest absolute Gasteiger partial charge is 0.316 e. The van der Waals surface area contributed by atoms with Gasteiger partial charge in [-0.05, 0) is 36.1 Å². The fraction of sp³-hybridized carbons (Fsp3) is 0.462. The van der Waals surface area contributed by atoms with E-state index in [0.717, 1.165) is 13.1 Å². The molecule has 1 aromatic carbocycles. The zero-order valence-corrected chi connectivity index (χ0v) is 10.2. The molecule has 3 rings (SSSR count). The Kier molecular flexibility index (Phi) is 3.32. The van der Waals surface area contributed by atoms with Crippen LogP contribution in [0.2, 0.25) is 0 Å². The van der Waals surface area contributed by atoms with Crippen LogP contribution in [0.4, 0.5) is 0 Å². The molecule has 1 aliphatic heterocycles. The molecular weight excluding hydrogens is 226 g/mol. The van der Waals surface area contributed by atoms with E-state index in [4.69, 9.17) is 0 Å². The van der Waals surface area contributed by atoms with E-state index >= 15 is 0 Å². The quantitative estimate of drug-likeness (QED) is 0.882. The average Bonchev–Trinajstić information content (AvgIpc) is 2.95. The van der Waals surface area contributed by atoms with Crippen molar-refractivity contribution in [2.75, 3.05) is 13.1 Å². The molecule has 1 N–H and O–H groups in total. The maximum Gasteiger partial charge on any atom is 0.162 e. The van der Waals surface area contributed by atoms with E-state index in [2.05, 4.69) is 45.0 Å². The summed E-state index contributed by atoms with van der Waals surface area (Å²) in [4.78, 5) is 1.74. The molecule has 1 fully saturated rings. The third-order valence-electron chi connectivity index (χ3n) is 3.54. The Morgan fingerprint density at radius 3 is 2.83 bits per heavy atom. The fourth-order valence-corrected chi connectivity index (χ4v) is 2.70. The highest BCUT2D eigenvalue weighted by atomic mass is 15.6. The van der Waals surface area contributed by atoms with E-state index in [-0.39, 0.29) is 6.04 Å². The van der Waals surface area contributed by atoms with E-state index in [0.29, 0.717) is 5.92 Å². The molecule has 18 heavy (non-hydrogen) atoms. The van der Waals surface area contributed by atoms with Gasteiger partial charge in [-0.15, -0.1) is 10.2 Å². The number of piperidine rings is 1. The van der Waals surface area contributed by atoms with E-state index < -0.39 is 0 Å². The topological polar surface area (TPSA) is 55.6 Å². The van der Waals surface area contributed by atoms with Gasteiger partial charge in [0.25, 0.3) is 0 Å². The third-order valence-corrected chi connectivity index (χ3v) is 3.54. The summed E-state index contributed by atoms with van der Waals surface area (Å²) in [6.07, 6.45) is 3.92. The monoisotopic (exact) mass is 243 g/mol. The first kappa shape index (κ1) is 11.3. The first-order valence-corrected chi connectivity index (χ1v) is 6.43. The van der Waals surface area contributed by atoms with Crippen LogP contribution >= 0.6 is 0 Å². The van der Waals surface area contributed by atoms with Crippen molar-refractivity contribution < 1.29 is 0 Å². The Hall–Kier alpha value is -1.75. The van der Waals surface area contributed by atoms with Crippen molar-refractivity contribution in [3.8, 4) is 0 Å². The lowest BCUT2D eigenvalue weighted by atomic mass is 9.87. The van der Waals surface area contributed by atoms with Gasteiger partial charge in [0.05, 0.1) is 0 Å². The van der Waals surface area contributed by atoms with Gasteiger partial charge in [-0.2, -0.15) is 4.80 Å². The van der Waals surface area contributed by atoms with Crippen molar-refractivity contribution in [3.05, 3.63) is 42.2 Å². The maximum atomic E-state index is 4.23. The van der Waals surface area contributed by atoms with Gasteiger partial charge >= 0.3 is 0 Å². The summed E-state index contributed by atoms with van der Waals surface area (Å²) in [6, 6.07) is 10.6. The molecule has 0 saturated carbocycles. The van der Waals surface area contributed by atoms with Crippen LogP contribution < -0.4 is 5.32 Å². The second-order valence-corrected chi connectivity index (χ2v) is 4.72. The number of nitrogens with one attached hydrogen (secondary N) is 1. The Balaban J connectivity index is 1.93. The number of hydrogen-bond acceptors (Lipinski definition) is 4. The summed E-state index contributed by atoms with van der Waals surface area (Å²) in [6.45, 7) is 2.13. The molecule has 0 bridgehead atoms. The Morgan fingerprint density at radius 1 is 1.28 bits per heavy atom. The molecule has 2 aromatic rings. The smallest absolute Gasteiger partial charge is 0.162 e. The number of nitrogens with zero attached hydrogens (tertiary/aromatic N) is 4. The predicted molar refractivity (Wildman–Crippen MR) is 68.0 cm³/mol. The lowest BCUT2D eigenvalue weighted by molar-refractivity contribution is 0.261. The molecule has 0 amide bonds. The molecule has 2 heterocycles. The van der Waals surface area contributed by atoms with E-state index in [1.165, 1.54) is 24.7 Å². The summed E-state index contributed by atoms with van der Waals surface area (Å²) in [7, 11) is 0. The molecule has 0 radical (unpaired) electrons. The molecule has 0 spiro atoms. The fourth-order valence-electron chi connectivity index (χ4n) is 2.70.